The van der Waals surface area contributed by atoms with Crippen molar-refractivity contribution in [1.82, 2.24) is 4.90 Å². The van der Waals surface area contributed by atoms with Crippen molar-refractivity contribution in [2.75, 3.05) is 36.8 Å². The molecule has 0 bridgehead atoms. The van der Waals surface area contributed by atoms with Crippen LogP contribution < -0.4 is 10.6 Å². The molecule has 1 heterocycles. The van der Waals surface area contributed by atoms with Crippen molar-refractivity contribution >= 4 is 23.0 Å². The molecule has 0 saturated carbocycles. The van der Waals surface area contributed by atoms with Crippen molar-refractivity contribution in [2.24, 2.45) is 0 Å². The predicted octanol–water partition coefficient (Wildman–Crippen LogP) is 2.02. The zero-order valence-electron chi connectivity index (χ0n) is 12.8. The molecule has 7 nitrogen and oxygen atoms in total. The van der Waals surface area contributed by atoms with Gasteiger partial charge in [-0.2, -0.15) is 0 Å². The second kappa shape index (κ2) is 7.11. The molecule has 0 aliphatic carbocycles. The molecule has 1 saturated heterocycles. The molecule has 0 radical (unpaired) electrons. The summed E-state index contributed by atoms with van der Waals surface area (Å²) in [7, 11) is 0. The van der Waals surface area contributed by atoms with Gasteiger partial charge in [-0.15, -0.1) is 0 Å². The minimum Gasteiger partial charge on any atom is -0.393 e. The van der Waals surface area contributed by atoms with Gasteiger partial charge in [-0.05, 0) is 31.4 Å². The minimum absolute atomic E-state index is 0.0709. The third-order valence-electron chi connectivity index (χ3n) is 4.01. The smallest absolute Gasteiger partial charge is 0.292 e. The fourth-order valence-corrected chi connectivity index (χ4v) is 2.73. The van der Waals surface area contributed by atoms with Crippen LogP contribution in [0.15, 0.2) is 18.2 Å². The predicted molar refractivity (Wildman–Crippen MR) is 85.8 cm³/mol. The third kappa shape index (κ3) is 3.87. The summed E-state index contributed by atoms with van der Waals surface area (Å²) in [6, 6.07) is 4.82. The Kier molecular flexibility index (Phi) is 5.19. The number of carbonyl (C=O) groups is 1. The van der Waals surface area contributed by atoms with Crippen molar-refractivity contribution < 1.29 is 9.72 Å². The van der Waals surface area contributed by atoms with Crippen molar-refractivity contribution in [3.05, 3.63) is 28.3 Å². The molecule has 7 heteroatoms. The summed E-state index contributed by atoms with van der Waals surface area (Å²) in [5, 5.41) is 10.8. The summed E-state index contributed by atoms with van der Waals surface area (Å²) in [5.41, 5.74) is 6.74. The molecule has 0 aromatic heterocycles. The van der Waals surface area contributed by atoms with Gasteiger partial charge in [0.05, 0.1) is 4.92 Å². The fourth-order valence-electron chi connectivity index (χ4n) is 2.73. The number of nitrogen functional groups attached to an aromatic ring is 1. The zero-order valence-corrected chi connectivity index (χ0v) is 12.8. The van der Waals surface area contributed by atoms with E-state index in [2.05, 4.69) is 4.90 Å². The Labute approximate surface area is 129 Å². The zero-order chi connectivity index (χ0) is 16.1. The lowest BCUT2D eigenvalue weighted by molar-refractivity contribution is -0.383. The van der Waals surface area contributed by atoms with Crippen molar-refractivity contribution in [3.63, 3.8) is 0 Å². The molecule has 1 aliphatic heterocycles. The van der Waals surface area contributed by atoms with E-state index in [1.807, 2.05) is 4.90 Å². The Bertz CT molecular complexity index is 562. The molecule has 0 spiro atoms. The highest BCUT2D eigenvalue weighted by Gasteiger charge is 2.17. The number of nitro groups is 1. The molecule has 1 amide bonds. The first kappa shape index (κ1) is 16.1. The summed E-state index contributed by atoms with van der Waals surface area (Å²) in [5.74, 6) is 0.0880. The highest BCUT2D eigenvalue weighted by atomic mass is 16.6. The second-order valence-corrected chi connectivity index (χ2v) is 5.55. The van der Waals surface area contributed by atoms with Crippen LogP contribution in [-0.2, 0) is 4.79 Å². The SMILES string of the molecule is CC(=O)N1CCCCCN(c2ccc([N+](=O)[O-])c(N)c2)CC1. The number of nitrogens with two attached hydrogens (primary N) is 1. The van der Waals surface area contributed by atoms with E-state index in [1.54, 1.807) is 19.1 Å². The molecule has 2 rings (SSSR count). The summed E-state index contributed by atoms with van der Waals surface area (Å²) in [4.78, 5) is 26.0. The number of rotatable bonds is 2. The Hall–Kier alpha value is -2.31. The van der Waals surface area contributed by atoms with Gasteiger partial charge < -0.3 is 15.5 Å². The number of benzene rings is 1. The standard InChI is InChI=1S/C15H22N4O3/c1-12(20)17-7-3-2-4-8-18(10-9-17)13-5-6-15(19(21)22)14(16)11-13/h5-6,11H,2-4,7-10,16H2,1H3. The molecule has 2 N–H and O–H groups in total. The van der Waals surface area contributed by atoms with Gasteiger partial charge in [-0.3, -0.25) is 14.9 Å². The van der Waals surface area contributed by atoms with E-state index < -0.39 is 4.92 Å². The van der Waals surface area contributed by atoms with E-state index in [9.17, 15) is 14.9 Å². The van der Waals surface area contributed by atoms with Gasteiger partial charge in [0.25, 0.3) is 5.69 Å². The molecule has 1 fully saturated rings. The number of hydrogen-bond acceptors (Lipinski definition) is 5. The average molecular weight is 306 g/mol. The van der Waals surface area contributed by atoms with Gasteiger partial charge >= 0.3 is 0 Å². The number of hydrogen-bond donors (Lipinski definition) is 1. The third-order valence-corrected chi connectivity index (χ3v) is 4.01. The highest BCUT2D eigenvalue weighted by molar-refractivity contribution is 5.73. The quantitative estimate of drug-likeness (QED) is 0.512. The Morgan fingerprint density at radius 3 is 2.55 bits per heavy atom. The second-order valence-electron chi connectivity index (χ2n) is 5.55. The van der Waals surface area contributed by atoms with Gasteiger partial charge in [0.1, 0.15) is 5.69 Å². The van der Waals surface area contributed by atoms with Crippen molar-refractivity contribution in [1.29, 1.82) is 0 Å². The first-order chi connectivity index (χ1) is 10.5. The van der Waals surface area contributed by atoms with E-state index in [-0.39, 0.29) is 17.3 Å². The van der Waals surface area contributed by atoms with Crippen LogP contribution in [0.1, 0.15) is 26.2 Å². The van der Waals surface area contributed by atoms with E-state index in [0.717, 1.165) is 38.0 Å². The fraction of sp³-hybridized carbons (Fsp3) is 0.533. The van der Waals surface area contributed by atoms with Gasteiger partial charge in [-0.25, -0.2) is 0 Å². The maximum atomic E-state index is 11.6. The number of nitro benzene ring substituents is 1. The van der Waals surface area contributed by atoms with Gasteiger partial charge in [0.15, 0.2) is 0 Å². The molecule has 0 atom stereocenters. The topological polar surface area (TPSA) is 92.7 Å². The van der Waals surface area contributed by atoms with Crippen LogP contribution in [0.2, 0.25) is 0 Å². The normalized spacial score (nSPS) is 16.6. The molecular formula is C15H22N4O3. The van der Waals surface area contributed by atoms with Crippen LogP contribution in [0.25, 0.3) is 0 Å². The van der Waals surface area contributed by atoms with Crippen LogP contribution >= 0.6 is 0 Å². The number of amides is 1. The Balaban J connectivity index is 2.16. The molecule has 1 aromatic rings. The first-order valence-electron chi connectivity index (χ1n) is 7.53. The molecular weight excluding hydrogens is 284 g/mol. The van der Waals surface area contributed by atoms with Crippen LogP contribution in [0.4, 0.5) is 17.1 Å². The lowest BCUT2D eigenvalue weighted by atomic mass is 10.2. The summed E-state index contributed by atoms with van der Waals surface area (Å²) in [6.07, 6.45) is 3.10. The van der Waals surface area contributed by atoms with Gasteiger partial charge in [-0.1, -0.05) is 0 Å². The number of carbonyl (C=O) groups excluding carboxylic acids is 1. The summed E-state index contributed by atoms with van der Waals surface area (Å²) < 4.78 is 0. The lowest BCUT2D eigenvalue weighted by Gasteiger charge is -2.27. The van der Waals surface area contributed by atoms with Crippen LogP contribution in [0, 0.1) is 10.1 Å². The van der Waals surface area contributed by atoms with E-state index >= 15 is 0 Å². The van der Waals surface area contributed by atoms with Crippen LogP contribution in [0.3, 0.4) is 0 Å². The lowest BCUT2D eigenvalue weighted by Crippen LogP contribution is -2.37. The monoisotopic (exact) mass is 306 g/mol. The largest absolute Gasteiger partial charge is 0.393 e. The molecule has 120 valence electrons. The maximum absolute atomic E-state index is 11.6. The molecule has 22 heavy (non-hydrogen) atoms. The Morgan fingerprint density at radius 2 is 1.91 bits per heavy atom. The highest BCUT2D eigenvalue weighted by Crippen LogP contribution is 2.27. The summed E-state index contributed by atoms with van der Waals surface area (Å²) >= 11 is 0. The van der Waals surface area contributed by atoms with E-state index in [4.69, 9.17) is 5.73 Å². The molecule has 0 unspecified atom stereocenters. The van der Waals surface area contributed by atoms with Crippen molar-refractivity contribution in [3.8, 4) is 0 Å². The molecule has 1 aromatic carbocycles. The van der Waals surface area contributed by atoms with Crippen LogP contribution in [-0.4, -0.2) is 41.9 Å². The van der Waals surface area contributed by atoms with Gasteiger partial charge in [0.2, 0.25) is 5.91 Å². The molecule has 1 aliphatic rings. The van der Waals surface area contributed by atoms with E-state index in [0.29, 0.717) is 13.1 Å². The minimum atomic E-state index is -0.477. The van der Waals surface area contributed by atoms with Crippen LogP contribution in [0.5, 0.6) is 0 Å². The average Bonchev–Trinajstić information content (AvgIpc) is 2.58. The van der Waals surface area contributed by atoms with Crippen molar-refractivity contribution in [2.45, 2.75) is 26.2 Å². The first-order valence-corrected chi connectivity index (χ1v) is 7.53. The Morgan fingerprint density at radius 1 is 1.18 bits per heavy atom. The van der Waals surface area contributed by atoms with E-state index in [1.165, 1.54) is 6.07 Å². The van der Waals surface area contributed by atoms with Gasteiger partial charge in [0, 0.05) is 44.9 Å². The number of anilines is 2. The maximum Gasteiger partial charge on any atom is 0.292 e. The summed E-state index contributed by atoms with van der Waals surface area (Å²) in [6.45, 7) is 4.61. The number of nitrogens with zero attached hydrogens (tertiary/aromatic N) is 3.